The third-order valence-corrected chi connectivity index (χ3v) is 6.11. The predicted octanol–water partition coefficient (Wildman–Crippen LogP) is 0.642. The number of carbonyl (C=O) groups is 1. The lowest BCUT2D eigenvalue weighted by atomic mass is 10.1. The molecule has 2 aromatic heterocycles. The molecule has 3 rings (SSSR count). The Bertz CT molecular complexity index is 865. The smallest absolute Gasteiger partial charge is 0.186 e. The Morgan fingerprint density at radius 2 is 2.09 bits per heavy atom. The number of hydrogen-bond acceptors (Lipinski definition) is 6. The van der Waals surface area contributed by atoms with Crippen molar-refractivity contribution in [1.82, 2.24) is 24.8 Å². The van der Waals surface area contributed by atoms with Crippen molar-refractivity contribution >= 4 is 15.6 Å². The summed E-state index contributed by atoms with van der Waals surface area (Å²) >= 11 is 0. The fourth-order valence-electron chi connectivity index (χ4n) is 3.22. The number of sulfone groups is 1. The van der Waals surface area contributed by atoms with Crippen molar-refractivity contribution < 1.29 is 13.2 Å². The second-order valence-electron chi connectivity index (χ2n) is 6.02. The van der Waals surface area contributed by atoms with E-state index in [0.717, 1.165) is 11.4 Å². The first kappa shape index (κ1) is 15.9. The minimum Gasteiger partial charge on any atom is -0.344 e. The monoisotopic (exact) mass is 337 g/mol. The molecule has 1 aliphatic rings. The quantitative estimate of drug-likeness (QED) is 0.759. The second-order valence-corrected chi connectivity index (χ2v) is 8.25. The topological polar surface area (TPSA) is 99.7 Å². The molecule has 0 aliphatic carbocycles. The summed E-state index contributed by atoms with van der Waals surface area (Å²) in [4.78, 5) is 12.5. The molecule has 0 N–H and O–H groups in total. The molecular formula is C14H19N5O3S. The van der Waals surface area contributed by atoms with E-state index in [0.29, 0.717) is 17.8 Å². The Morgan fingerprint density at radius 3 is 2.65 bits per heavy atom. The Hall–Kier alpha value is -2.03. The average Bonchev–Trinajstić information content (AvgIpc) is 3.10. The molecule has 23 heavy (non-hydrogen) atoms. The van der Waals surface area contributed by atoms with Crippen LogP contribution in [0.1, 0.15) is 40.0 Å². The van der Waals surface area contributed by atoms with Crippen LogP contribution in [0.2, 0.25) is 0 Å². The Balaban J connectivity index is 1.89. The molecule has 124 valence electrons. The Labute approximate surface area is 134 Å². The Kier molecular flexibility index (Phi) is 3.83. The maximum Gasteiger partial charge on any atom is 0.186 e. The maximum absolute atomic E-state index is 12.5. The van der Waals surface area contributed by atoms with Crippen LogP contribution in [0.5, 0.6) is 0 Å². The first-order valence-electron chi connectivity index (χ1n) is 7.43. The SMILES string of the molecule is Cc1nnnn1CC(=O)c1cc(C)n(C2CCS(=O)(=O)C2)c1C. The lowest BCUT2D eigenvalue weighted by Crippen LogP contribution is -2.16. The number of rotatable bonds is 4. The van der Waals surface area contributed by atoms with Crippen LogP contribution in [-0.2, 0) is 16.4 Å². The molecule has 2 aromatic rings. The second kappa shape index (κ2) is 5.55. The molecule has 0 radical (unpaired) electrons. The summed E-state index contributed by atoms with van der Waals surface area (Å²) in [5, 5.41) is 11.1. The predicted molar refractivity (Wildman–Crippen MR) is 83.1 cm³/mol. The molecule has 0 amide bonds. The highest BCUT2D eigenvalue weighted by atomic mass is 32.2. The van der Waals surface area contributed by atoms with E-state index in [1.165, 1.54) is 4.68 Å². The highest BCUT2D eigenvalue weighted by molar-refractivity contribution is 7.91. The lowest BCUT2D eigenvalue weighted by molar-refractivity contribution is 0.0965. The zero-order valence-corrected chi connectivity index (χ0v) is 14.2. The summed E-state index contributed by atoms with van der Waals surface area (Å²) in [7, 11) is -2.97. The number of carbonyl (C=O) groups excluding carboxylic acids is 1. The summed E-state index contributed by atoms with van der Waals surface area (Å²) in [5.74, 6) is 0.847. The van der Waals surface area contributed by atoms with Crippen molar-refractivity contribution in [3.05, 3.63) is 28.8 Å². The van der Waals surface area contributed by atoms with Gasteiger partial charge in [-0.1, -0.05) is 0 Å². The van der Waals surface area contributed by atoms with Crippen LogP contribution in [0.15, 0.2) is 6.07 Å². The molecular weight excluding hydrogens is 318 g/mol. The number of Topliss-reactive ketones (excluding diaryl/α,β-unsaturated/α-hetero) is 1. The minimum absolute atomic E-state index is 0.0755. The third-order valence-electron chi connectivity index (χ3n) is 4.36. The molecule has 3 heterocycles. The lowest BCUT2D eigenvalue weighted by Gasteiger charge is -2.16. The van der Waals surface area contributed by atoms with Gasteiger partial charge in [-0.3, -0.25) is 4.79 Å². The van der Waals surface area contributed by atoms with Gasteiger partial charge in [0.25, 0.3) is 0 Å². The van der Waals surface area contributed by atoms with Gasteiger partial charge in [0.15, 0.2) is 15.6 Å². The zero-order chi connectivity index (χ0) is 16.8. The van der Waals surface area contributed by atoms with Gasteiger partial charge in [-0.15, -0.1) is 5.10 Å². The molecule has 0 bridgehead atoms. The van der Waals surface area contributed by atoms with E-state index in [2.05, 4.69) is 15.5 Å². The van der Waals surface area contributed by atoms with Crippen molar-refractivity contribution in [1.29, 1.82) is 0 Å². The molecule has 1 atom stereocenters. The van der Waals surface area contributed by atoms with Gasteiger partial charge in [-0.25, -0.2) is 13.1 Å². The number of aromatic nitrogens is 5. The maximum atomic E-state index is 12.5. The average molecular weight is 337 g/mol. The fraction of sp³-hybridized carbons (Fsp3) is 0.571. The number of tetrazole rings is 1. The highest BCUT2D eigenvalue weighted by Crippen LogP contribution is 2.29. The molecule has 0 aromatic carbocycles. The first-order valence-corrected chi connectivity index (χ1v) is 9.25. The summed E-state index contributed by atoms with van der Waals surface area (Å²) < 4.78 is 26.9. The number of hydrogen-bond donors (Lipinski definition) is 0. The van der Waals surface area contributed by atoms with Crippen molar-refractivity contribution in [2.75, 3.05) is 11.5 Å². The van der Waals surface area contributed by atoms with E-state index in [1.807, 2.05) is 24.5 Å². The van der Waals surface area contributed by atoms with Gasteiger partial charge in [0, 0.05) is 23.0 Å². The van der Waals surface area contributed by atoms with Crippen LogP contribution in [0.4, 0.5) is 0 Å². The van der Waals surface area contributed by atoms with E-state index in [-0.39, 0.29) is 29.9 Å². The molecule has 0 spiro atoms. The number of aryl methyl sites for hydroxylation is 2. The van der Waals surface area contributed by atoms with Gasteiger partial charge < -0.3 is 4.57 Å². The number of ketones is 1. The van der Waals surface area contributed by atoms with Crippen LogP contribution in [0, 0.1) is 20.8 Å². The minimum atomic E-state index is -2.97. The zero-order valence-electron chi connectivity index (χ0n) is 13.4. The standard InChI is InChI=1S/C14H19N5O3S/c1-9-6-13(14(20)7-18-11(3)15-16-17-18)10(2)19(9)12-4-5-23(21,22)8-12/h6,12H,4-5,7-8H2,1-3H3. The van der Waals surface area contributed by atoms with Crippen molar-refractivity contribution in [2.24, 2.45) is 0 Å². The summed E-state index contributed by atoms with van der Waals surface area (Å²) in [6.45, 7) is 5.57. The fourth-order valence-corrected chi connectivity index (χ4v) is 4.92. The van der Waals surface area contributed by atoms with E-state index >= 15 is 0 Å². The van der Waals surface area contributed by atoms with Gasteiger partial charge >= 0.3 is 0 Å². The van der Waals surface area contributed by atoms with Crippen molar-refractivity contribution in [3.8, 4) is 0 Å². The van der Waals surface area contributed by atoms with Crippen LogP contribution in [0.3, 0.4) is 0 Å². The highest BCUT2D eigenvalue weighted by Gasteiger charge is 2.31. The Morgan fingerprint density at radius 1 is 1.35 bits per heavy atom. The van der Waals surface area contributed by atoms with Gasteiger partial charge in [0.1, 0.15) is 12.4 Å². The van der Waals surface area contributed by atoms with E-state index < -0.39 is 9.84 Å². The van der Waals surface area contributed by atoms with E-state index in [4.69, 9.17) is 0 Å². The largest absolute Gasteiger partial charge is 0.344 e. The van der Waals surface area contributed by atoms with Crippen molar-refractivity contribution in [3.63, 3.8) is 0 Å². The molecule has 0 saturated carbocycles. The van der Waals surface area contributed by atoms with Gasteiger partial charge in [0.05, 0.1) is 11.5 Å². The molecule has 1 unspecified atom stereocenters. The molecule has 1 saturated heterocycles. The van der Waals surface area contributed by atoms with Crippen LogP contribution < -0.4 is 0 Å². The van der Waals surface area contributed by atoms with Gasteiger partial charge in [-0.05, 0) is 43.7 Å². The third kappa shape index (κ3) is 2.92. The summed E-state index contributed by atoms with van der Waals surface area (Å²) in [6.07, 6.45) is 0.596. The van der Waals surface area contributed by atoms with E-state index in [1.54, 1.807) is 6.92 Å². The normalized spacial score (nSPS) is 20.0. The van der Waals surface area contributed by atoms with Crippen LogP contribution in [0.25, 0.3) is 0 Å². The first-order chi connectivity index (χ1) is 10.8. The van der Waals surface area contributed by atoms with Gasteiger partial charge in [-0.2, -0.15) is 0 Å². The summed E-state index contributed by atoms with van der Waals surface area (Å²) in [6, 6.07) is 1.73. The van der Waals surface area contributed by atoms with Gasteiger partial charge in [0.2, 0.25) is 0 Å². The molecule has 8 nitrogen and oxygen atoms in total. The van der Waals surface area contributed by atoms with Crippen LogP contribution >= 0.6 is 0 Å². The van der Waals surface area contributed by atoms with Crippen molar-refractivity contribution in [2.45, 2.75) is 39.8 Å². The molecule has 1 fully saturated rings. The summed E-state index contributed by atoms with van der Waals surface area (Å²) in [5.41, 5.74) is 2.31. The number of nitrogens with zero attached hydrogens (tertiary/aromatic N) is 5. The molecule has 9 heteroatoms. The van der Waals surface area contributed by atoms with E-state index in [9.17, 15) is 13.2 Å². The molecule has 1 aliphatic heterocycles. The van der Waals surface area contributed by atoms with Crippen LogP contribution in [-0.4, -0.2) is 50.5 Å².